The molecule has 5 nitrogen and oxygen atoms in total. The Morgan fingerprint density at radius 2 is 1.76 bits per heavy atom. The number of carboxylic acid groups (broad SMARTS) is 1. The summed E-state index contributed by atoms with van der Waals surface area (Å²) in [6.45, 7) is 2.70. The van der Waals surface area contributed by atoms with Crippen LogP contribution in [0, 0.1) is 30.4 Å². The highest BCUT2D eigenvalue weighted by Crippen LogP contribution is 2.38. The molecule has 1 N–H and O–H groups in total. The van der Waals surface area contributed by atoms with Crippen molar-refractivity contribution in [2.45, 2.75) is 39.2 Å². The highest BCUT2D eigenvalue weighted by Gasteiger charge is 2.26. The molecule has 33 heavy (non-hydrogen) atoms. The maximum atomic E-state index is 14.9. The molecule has 174 valence electrons. The van der Waals surface area contributed by atoms with Gasteiger partial charge in [0.05, 0.1) is 18.0 Å². The van der Waals surface area contributed by atoms with Crippen LogP contribution in [0.1, 0.15) is 31.4 Å². The third-order valence-electron chi connectivity index (χ3n) is 6.37. The Morgan fingerprint density at radius 1 is 1.06 bits per heavy atom. The second-order valence-electron chi connectivity index (χ2n) is 8.75. The van der Waals surface area contributed by atoms with Crippen molar-refractivity contribution < 1.29 is 23.4 Å². The lowest BCUT2D eigenvalue weighted by atomic mass is 9.82. The first-order valence-electron chi connectivity index (χ1n) is 11.3. The summed E-state index contributed by atoms with van der Waals surface area (Å²) < 4.78 is 36.1. The summed E-state index contributed by atoms with van der Waals surface area (Å²) in [6, 6.07) is 13.9. The zero-order valence-corrected chi connectivity index (χ0v) is 18.6. The molecule has 0 unspecified atom stereocenters. The summed E-state index contributed by atoms with van der Waals surface area (Å²) in [5.74, 6) is -2.00. The Labute approximate surface area is 192 Å². The molecule has 2 aromatic carbocycles. The van der Waals surface area contributed by atoms with Gasteiger partial charge in [-0.25, -0.2) is 13.6 Å². The number of benzene rings is 2. The van der Waals surface area contributed by atoms with E-state index in [0.29, 0.717) is 30.7 Å². The minimum Gasteiger partial charge on any atom is -0.480 e. The molecular formula is C26H28F2N2O3. The minimum atomic E-state index is -0.955. The van der Waals surface area contributed by atoms with Gasteiger partial charge in [-0.1, -0.05) is 36.4 Å². The van der Waals surface area contributed by atoms with E-state index in [0.717, 1.165) is 48.6 Å². The van der Waals surface area contributed by atoms with E-state index in [2.05, 4.69) is 0 Å². The molecule has 4 rings (SSSR count). The van der Waals surface area contributed by atoms with Crippen LogP contribution < -0.4 is 0 Å². The first-order chi connectivity index (χ1) is 15.9. The molecule has 1 fully saturated rings. The quantitative estimate of drug-likeness (QED) is 0.473. The molecule has 1 aromatic heterocycles. The summed E-state index contributed by atoms with van der Waals surface area (Å²) in [6.07, 6.45) is 3.79. The number of carboxylic acids is 1. The smallest absolute Gasteiger partial charge is 0.329 e. The average Bonchev–Trinajstić information content (AvgIpc) is 3.12. The number of nitrogens with zero attached hydrogens (tertiary/aromatic N) is 2. The molecule has 1 heterocycles. The van der Waals surface area contributed by atoms with Crippen LogP contribution in [0.3, 0.4) is 0 Å². The number of carbonyl (C=O) groups is 1. The van der Waals surface area contributed by atoms with Gasteiger partial charge in [0.25, 0.3) is 0 Å². The van der Waals surface area contributed by atoms with Crippen molar-refractivity contribution in [2.75, 3.05) is 13.2 Å². The Kier molecular flexibility index (Phi) is 7.18. The maximum absolute atomic E-state index is 14.9. The lowest BCUT2D eigenvalue weighted by Gasteiger charge is -2.28. The molecular weight excluding hydrogens is 426 g/mol. The Morgan fingerprint density at radius 3 is 2.45 bits per heavy atom. The van der Waals surface area contributed by atoms with E-state index in [1.807, 2.05) is 41.9 Å². The second kappa shape index (κ2) is 10.3. The fourth-order valence-corrected chi connectivity index (χ4v) is 4.76. The molecule has 1 aliphatic rings. The van der Waals surface area contributed by atoms with Crippen molar-refractivity contribution in [1.29, 1.82) is 0 Å². The standard InChI is InChI=1S/C26H28F2N2O3/c1-17-24(20-6-3-2-4-7-20)26(21-8-5-9-22(27)25(21)28)30(29-17)14-18-10-12-19(13-11-18)15-33-16-23(31)32/h2-9,18-19H,10-16H2,1H3,(H,31,32). The zero-order valence-electron chi connectivity index (χ0n) is 18.6. The van der Waals surface area contributed by atoms with Crippen LogP contribution in [0.5, 0.6) is 0 Å². The Hall–Kier alpha value is -3.06. The van der Waals surface area contributed by atoms with Crippen LogP contribution >= 0.6 is 0 Å². The van der Waals surface area contributed by atoms with E-state index in [9.17, 15) is 13.6 Å². The number of ether oxygens (including phenoxy) is 1. The lowest BCUT2D eigenvalue weighted by molar-refractivity contribution is -0.142. The normalized spacial score (nSPS) is 18.4. The first-order valence-corrected chi connectivity index (χ1v) is 11.3. The predicted octanol–water partition coefficient (Wildman–Crippen LogP) is 5.71. The fraction of sp³-hybridized carbons (Fsp3) is 0.385. The van der Waals surface area contributed by atoms with Gasteiger partial charge >= 0.3 is 5.97 Å². The van der Waals surface area contributed by atoms with Gasteiger partial charge in [-0.15, -0.1) is 0 Å². The van der Waals surface area contributed by atoms with E-state index in [4.69, 9.17) is 14.9 Å². The largest absolute Gasteiger partial charge is 0.480 e. The monoisotopic (exact) mass is 454 g/mol. The lowest BCUT2D eigenvalue weighted by Crippen LogP contribution is -2.23. The number of hydrogen-bond acceptors (Lipinski definition) is 3. The third-order valence-corrected chi connectivity index (χ3v) is 6.37. The van der Waals surface area contributed by atoms with Crippen molar-refractivity contribution in [3.63, 3.8) is 0 Å². The molecule has 0 bridgehead atoms. The number of rotatable bonds is 8. The number of aryl methyl sites for hydroxylation is 1. The summed E-state index contributed by atoms with van der Waals surface area (Å²) in [5, 5.41) is 13.5. The summed E-state index contributed by atoms with van der Waals surface area (Å²) in [5.41, 5.74) is 3.32. The van der Waals surface area contributed by atoms with E-state index >= 15 is 0 Å². The molecule has 0 aliphatic heterocycles. The van der Waals surface area contributed by atoms with Gasteiger partial charge in [-0.2, -0.15) is 5.10 Å². The van der Waals surface area contributed by atoms with Gasteiger partial charge in [-0.05, 0) is 62.1 Å². The highest BCUT2D eigenvalue weighted by molar-refractivity contribution is 5.83. The van der Waals surface area contributed by atoms with Gasteiger partial charge in [0, 0.05) is 17.7 Å². The van der Waals surface area contributed by atoms with E-state index in [-0.39, 0.29) is 12.2 Å². The topological polar surface area (TPSA) is 64.4 Å². The molecule has 1 aliphatic carbocycles. The van der Waals surface area contributed by atoms with Gasteiger partial charge in [0.2, 0.25) is 0 Å². The van der Waals surface area contributed by atoms with Crippen molar-refractivity contribution >= 4 is 5.97 Å². The van der Waals surface area contributed by atoms with Crippen molar-refractivity contribution in [2.24, 2.45) is 11.8 Å². The molecule has 7 heteroatoms. The predicted molar refractivity (Wildman–Crippen MR) is 122 cm³/mol. The van der Waals surface area contributed by atoms with E-state index < -0.39 is 17.6 Å². The first kappa shape index (κ1) is 23.1. The SMILES string of the molecule is Cc1nn(CC2CCC(COCC(=O)O)CC2)c(-c2cccc(F)c2F)c1-c1ccccc1. The average molecular weight is 455 g/mol. The molecule has 0 spiro atoms. The van der Waals surface area contributed by atoms with Gasteiger partial charge in [0.15, 0.2) is 11.6 Å². The van der Waals surface area contributed by atoms with E-state index in [1.54, 1.807) is 6.07 Å². The molecule has 3 aromatic rings. The number of aromatic nitrogens is 2. The third kappa shape index (κ3) is 5.30. The van der Waals surface area contributed by atoms with Crippen molar-refractivity contribution in [3.8, 4) is 22.4 Å². The van der Waals surface area contributed by atoms with Crippen molar-refractivity contribution in [1.82, 2.24) is 9.78 Å². The summed E-state index contributed by atoms with van der Waals surface area (Å²) >= 11 is 0. The van der Waals surface area contributed by atoms with Gasteiger partial charge < -0.3 is 9.84 Å². The molecule has 0 amide bonds. The van der Waals surface area contributed by atoms with Crippen LogP contribution in [-0.4, -0.2) is 34.1 Å². The summed E-state index contributed by atoms with van der Waals surface area (Å²) in [4.78, 5) is 10.6. The minimum absolute atomic E-state index is 0.213. The Balaban J connectivity index is 1.59. The van der Waals surface area contributed by atoms with Gasteiger partial charge in [0.1, 0.15) is 6.61 Å². The second-order valence-corrected chi connectivity index (χ2v) is 8.75. The highest BCUT2D eigenvalue weighted by atomic mass is 19.2. The molecule has 0 atom stereocenters. The van der Waals surface area contributed by atoms with E-state index in [1.165, 1.54) is 6.07 Å². The summed E-state index contributed by atoms with van der Waals surface area (Å²) in [7, 11) is 0. The van der Waals surface area contributed by atoms with Crippen LogP contribution in [0.25, 0.3) is 22.4 Å². The fourth-order valence-electron chi connectivity index (χ4n) is 4.76. The molecule has 0 radical (unpaired) electrons. The maximum Gasteiger partial charge on any atom is 0.329 e. The number of aliphatic carboxylic acids is 1. The van der Waals surface area contributed by atoms with Crippen LogP contribution in [-0.2, 0) is 16.1 Å². The van der Waals surface area contributed by atoms with Crippen LogP contribution in [0.15, 0.2) is 48.5 Å². The zero-order chi connectivity index (χ0) is 23.4. The Bertz CT molecular complexity index is 1110. The van der Waals surface area contributed by atoms with Crippen LogP contribution in [0.2, 0.25) is 0 Å². The van der Waals surface area contributed by atoms with Crippen molar-refractivity contribution in [3.05, 3.63) is 65.9 Å². The molecule has 1 saturated carbocycles. The number of hydrogen-bond donors (Lipinski definition) is 1. The molecule has 0 saturated heterocycles. The van der Waals surface area contributed by atoms with Crippen LogP contribution in [0.4, 0.5) is 8.78 Å². The number of halogens is 2. The van der Waals surface area contributed by atoms with Gasteiger partial charge in [-0.3, -0.25) is 4.68 Å².